The minimum atomic E-state index is 0.116. The van der Waals surface area contributed by atoms with Crippen molar-refractivity contribution < 1.29 is 5.11 Å². The van der Waals surface area contributed by atoms with Crippen molar-refractivity contribution in [1.29, 1.82) is 0 Å². The maximum atomic E-state index is 9.82. The molecule has 3 aromatic rings. The van der Waals surface area contributed by atoms with Gasteiger partial charge in [-0.25, -0.2) is 4.68 Å². The van der Waals surface area contributed by atoms with Crippen LogP contribution < -0.4 is 0 Å². The Morgan fingerprint density at radius 2 is 1.94 bits per heavy atom. The van der Waals surface area contributed by atoms with Crippen LogP contribution in [-0.4, -0.2) is 20.1 Å². The zero-order valence-corrected chi connectivity index (χ0v) is 9.46. The third-order valence-corrected chi connectivity index (χ3v) is 2.75. The number of benzene rings is 2. The second-order valence-electron chi connectivity index (χ2n) is 3.62. The predicted octanol–water partition coefficient (Wildman–Crippen LogP) is 2.78. The molecule has 0 amide bonds. The molecule has 0 fully saturated rings. The number of hydrogen-bond donors (Lipinski definition) is 1. The Kier molecular flexibility index (Phi) is 2.23. The summed E-state index contributed by atoms with van der Waals surface area (Å²) < 4.78 is 1.57. The molecule has 1 aromatic heterocycles. The topological polar surface area (TPSA) is 50.9 Å². The van der Waals surface area contributed by atoms with Gasteiger partial charge in [-0.15, -0.1) is 5.10 Å². The Labute approximate surface area is 102 Å². The maximum absolute atomic E-state index is 9.82. The monoisotopic (exact) mass is 245 g/mol. The average Bonchev–Trinajstić information content (AvgIpc) is 2.76. The lowest BCUT2D eigenvalue weighted by molar-refractivity contribution is 0.470. The van der Waals surface area contributed by atoms with E-state index in [0.29, 0.717) is 10.7 Å². The van der Waals surface area contributed by atoms with Crippen molar-refractivity contribution in [2.24, 2.45) is 0 Å². The molecule has 0 unspecified atom stereocenters. The van der Waals surface area contributed by atoms with Crippen molar-refractivity contribution in [2.45, 2.75) is 0 Å². The smallest absolute Gasteiger partial charge is 0.141 e. The Balaban J connectivity index is 2.31. The molecule has 0 aliphatic rings. The number of phenolic OH excluding ortho intramolecular Hbond substituents is 1. The predicted molar refractivity (Wildman–Crippen MR) is 65.5 cm³/mol. The van der Waals surface area contributed by atoms with Crippen LogP contribution in [0.2, 0.25) is 5.02 Å². The molecule has 5 heteroatoms. The quantitative estimate of drug-likeness (QED) is 0.717. The summed E-state index contributed by atoms with van der Waals surface area (Å²) in [7, 11) is 0. The van der Waals surface area contributed by atoms with E-state index in [1.807, 2.05) is 24.3 Å². The second kappa shape index (κ2) is 3.75. The van der Waals surface area contributed by atoms with Crippen LogP contribution in [-0.2, 0) is 0 Å². The van der Waals surface area contributed by atoms with Gasteiger partial charge in [-0.3, -0.25) is 0 Å². The highest BCUT2D eigenvalue weighted by Gasteiger charge is 2.09. The van der Waals surface area contributed by atoms with Crippen LogP contribution in [0.4, 0.5) is 0 Å². The lowest BCUT2D eigenvalue weighted by atomic mass is 10.2. The van der Waals surface area contributed by atoms with Gasteiger partial charge in [0.2, 0.25) is 0 Å². The minimum absolute atomic E-state index is 0.116. The minimum Gasteiger partial charge on any atom is -0.506 e. The van der Waals surface area contributed by atoms with Gasteiger partial charge in [0.05, 0.1) is 5.52 Å². The summed E-state index contributed by atoms with van der Waals surface area (Å²) in [6.07, 6.45) is 0. The number of rotatable bonds is 1. The lowest BCUT2D eigenvalue weighted by Gasteiger charge is -2.05. The zero-order valence-electron chi connectivity index (χ0n) is 8.71. The molecule has 1 N–H and O–H groups in total. The van der Waals surface area contributed by atoms with Crippen molar-refractivity contribution in [1.82, 2.24) is 15.0 Å². The summed E-state index contributed by atoms with van der Waals surface area (Å²) in [5, 5.41) is 18.4. The molecular formula is C12H8ClN3O. The average molecular weight is 246 g/mol. The number of aromatic hydroxyl groups is 1. The first-order chi connectivity index (χ1) is 8.25. The van der Waals surface area contributed by atoms with Gasteiger partial charge in [-0.1, -0.05) is 28.9 Å². The molecule has 84 valence electrons. The molecule has 3 rings (SSSR count). The number of fused-ring (bicyclic) bond motifs is 1. The van der Waals surface area contributed by atoms with Crippen LogP contribution in [0.25, 0.3) is 16.7 Å². The number of halogens is 1. The van der Waals surface area contributed by atoms with Crippen molar-refractivity contribution in [3.8, 4) is 11.4 Å². The van der Waals surface area contributed by atoms with Crippen LogP contribution in [0.1, 0.15) is 0 Å². The largest absolute Gasteiger partial charge is 0.506 e. The van der Waals surface area contributed by atoms with E-state index in [4.69, 9.17) is 11.6 Å². The van der Waals surface area contributed by atoms with Gasteiger partial charge in [0.25, 0.3) is 0 Å². The Morgan fingerprint density at radius 1 is 1.12 bits per heavy atom. The standard InChI is InChI=1S/C12H8ClN3O/c13-8-5-6-12(17)11(7-8)16-10-4-2-1-3-9(10)14-15-16/h1-7,17H. The van der Waals surface area contributed by atoms with E-state index in [1.54, 1.807) is 16.8 Å². The third kappa shape index (κ3) is 1.62. The summed E-state index contributed by atoms with van der Waals surface area (Å²) >= 11 is 5.91. The summed E-state index contributed by atoms with van der Waals surface area (Å²) in [5.41, 5.74) is 2.11. The van der Waals surface area contributed by atoms with E-state index in [0.717, 1.165) is 11.0 Å². The fourth-order valence-corrected chi connectivity index (χ4v) is 1.88. The summed E-state index contributed by atoms with van der Waals surface area (Å²) in [6, 6.07) is 12.3. The highest BCUT2D eigenvalue weighted by atomic mass is 35.5. The fourth-order valence-electron chi connectivity index (χ4n) is 1.71. The first-order valence-electron chi connectivity index (χ1n) is 5.05. The molecular weight excluding hydrogens is 238 g/mol. The molecule has 0 aliphatic heterocycles. The number of para-hydroxylation sites is 1. The van der Waals surface area contributed by atoms with E-state index >= 15 is 0 Å². The molecule has 0 saturated carbocycles. The highest BCUT2D eigenvalue weighted by molar-refractivity contribution is 6.30. The third-order valence-electron chi connectivity index (χ3n) is 2.52. The molecule has 1 heterocycles. The van der Waals surface area contributed by atoms with Crippen LogP contribution in [0.5, 0.6) is 5.75 Å². The molecule has 2 aromatic carbocycles. The molecule has 0 spiro atoms. The lowest BCUT2D eigenvalue weighted by Crippen LogP contribution is -1.96. The number of hydrogen-bond acceptors (Lipinski definition) is 3. The summed E-state index contributed by atoms with van der Waals surface area (Å²) in [6.45, 7) is 0. The van der Waals surface area contributed by atoms with E-state index in [2.05, 4.69) is 10.3 Å². The van der Waals surface area contributed by atoms with Gasteiger partial charge in [-0.2, -0.15) is 0 Å². The highest BCUT2D eigenvalue weighted by Crippen LogP contribution is 2.26. The Morgan fingerprint density at radius 3 is 2.82 bits per heavy atom. The number of aromatic nitrogens is 3. The molecule has 0 radical (unpaired) electrons. The van der Waals surface area contributed by atoms with Gasteiger partial charge in [0, 0.05) is 5.02 Å². The maximum Gasteiger partial charge on any atom is 0.141 e. The van der Waals surface area contributed by atoms with Crippen LogP contribution in [0.15, 0.2) is 42.5 Å². The number of nitrogens with zero attached hydrogens (tertiary/aromatic N) is 3. The van der Waals surface area contributed by atoms with Gasteiger partial charge in [0.1, 0.15) is 17.0 Å². The molecule has 0 aliphatic carbocycles. The Bertz CT molecular complexity index is 693. The van der Waals surface area contributed by atoms with E-state index in [-0.39, 0.29) is 5.75 Å². The van der Waals surface area contributed by atoms with Crippen molar-refractivity contribution in [3.63, 3.8) is 0 Å². The van der Waals surface area contributed by atoms with Crippen molar-refractivity contribution >= 4 is 22.6 Å². The first kappa shape index (κ1) is 10.1. The van der Waals surface area contributed by atoms with E-state index < -0.39 is 0 Å². The van der Waals surface area contributed by atoms with Crippen molar-refractivity contribution in [2.75, 3.05) is 0 Å². The second-order valence-corrected chi connectivity index (χ2v) is 4.06. The molecule has 0 saturated heterocycles. The molecule has 17 heavy (non-hydrogen) atoms. The fraction of sp³-hybridized carbons (Fsp3) is 0. The van der Waals surface area contributed by atoms with E-state index in [1.165, 1.54) is 6.07 Å². The molecule has 0 atom stereocenters. The first-order valence-corrected chi connectivity index (χ1v) is 5.43. The Hall–Kier alpha value is -2.07. The van der Waals surface area contributed by atoms with Gasteiger partial charge in [0.15, 0.2) is 0 Å². The van der Waals surface area contributed by atoms with Gasteiger partial charge in [-0.05, 0) is 30.3 Å². The normalized spacial score (nSPS) is 10.9. The van der Waals surface area contributed by atoms with Crippen LogP contribution in [0.3, 0.4) is 0 Å². The molecule has 0 bridgehead atoms. The SMILES string of the molecule is Oc1ccc(Cl)cc1-n1nnc2ccccc21. The van der Waals surface area contributed by atoms with Gasteiger partial charge < -0.3 is 5.11 Å². The summed E-state index contributed by atoms with van der Waals surface area (Å²) in [5.74, 6) is 0.116. The van der Waals surface area contributed by atoms with Gasteiger partial charge >= 0.3 is 0 Å². The van der Waals surface area contributed by atoms with Crippen LogP contribution >= 0.6 is 11.6 Å². The van der Waals surface area contributed by atoms with E-state index in [9.17, 15) is 5.11 Å². The number of phenols is 1. The molecule has 4 nitrogen and oxygen atoms in total. The summed E-state index contributed by atoms with van der Waals surface area (Å²) in [4.78, 5) is 0. The van der Waals surface area contributed by atoms with Crippen molar-refractivity contribution in [3.05, 3.63) is 47.5 Å². The van der Waals surface area contributed by atoms with Crippen LogP contribution in [0, 0.1) is 0 Å². The zero-order chi connectivity index (χ0) is 11.8.